The molecule has 0 aliphatic carbocycles. The zero-order valence-corrected chi connectivity index (χ0v) is 22.8. The van der Waals surface area contributed by atoms with Gasteiger partial charge < -0.3 is 18.5 Å². The number of nitrogens with one attached hydrogen (secondary N) is 1. The number of nitriles is 1. The predicted octanol–water partition coefficient (Wildman–Crippen LogP) is 6.14. The highest BCUT2D eigenvalue weighted by molar-refractivity contribution is 7.81. The number of aromatic amines is 1. The second-order valence-corrected chi connectivity index (χ2v) is 10.5. The van der Waals surface area contributed by atoms with E-state index in [2.05, 4.69) is 27.1 Å². The number of unbranched alkanes of at least 4 members (excludes halogenated alkanes) is 2. The van der Waals surface area contributed by atoms with Crippen LogP contribution in [0.15, 0.2) is 53.6 Å². The van der Waals surface area contributed by atoms with E-state index in [4.69, 9.17) is 4.74 Å². The zero-order chi connectivity index (χ0) is 28.4. The number of hydrogen-bond acceptors (Lipinski definition) is 7. The molecule has 0 spiro atoms. The van der Waals surface area contributed by atoms with Crippen molar-refractivity contribution in [3.05, 3.63) is 64.6 Å². The summed E-state index contributed by atoms with van der Waals surface area (Å²) in [5.74, 6) is 0.121. The maximum absolute atomic E-state index is 14.0. The average molecular weight is 563 g/mol. The van der Waals surface area contributed by atoms with E-state index >= 15 is 0 Å². The molecule has 0 radical (unpaired) electrons. The molecule has 40 heavy (non-hydrogen) atoms. The minimum atomic E-state index is -5.24. The lowest BCUT2D eigenvalue weighted by Gasteiger charge is -2.17. The van der Waals surface area contributed by atoms with Crippen LogP contribution in [0.1, 0.15) is 45.1 Å². The van der Waals surface area contributed by atoms with E-state index in [1.54, 1.807) is 24.3 Å². The smallest absolute Gasteiger partial charge is 0.488 e. The molecular formula is C29H27FN4O5S. The van der Waals surface area contributed by atoms with Gasteiger partial charge in [0.15, 0.2) is 11.2 Å². The first-order valence-corrected chi connectivity index (χ1v) is 14.3. The molecule has 0 amide bonds. The summed E-state index contributed by atoms with van der Waals surface area (Å²) in [5, 5.41) is 11.1. The first kappa shape index (κ1) is 27.1. The predicted molar refractivity (Wildman–Crippen MR) is 151 cm³/mol. The molecule has 0 aliphatic rings. The van der Waals surface area contributed by atoms with Crippen molar-refractivity contribution < 1.29 is 21.2 Å². The van der Waals surface area contributed by atoms with E-state index in [1.165, 1.54) is 12.3 Å². The summed E-state index contributed by atoms with van der Waals surface area (Å²) in [6, 6.07) is 12.2. The Hall–Kier alpha value is -4.43. The van der Waals surface area contributed by atoms with E-state index in [1.807, 2.05) is 17.6 Å². The van der Waals surface area contributed by atoms with Gasteiger partial charge in [0.05, 0.1) is 40.7 Å². The number of fused-ring (bicyclic) bond motifs is 4. The monoisotopic (exact) mass is 562 g/mol. The fourth-order valence-corrected chi connectivity index (χ4v) is 5.18. The number of aryl methyl sites for hydroxylation is 1. The van der Waals surface area contributed by atoms with Gasteiger partial charge in [0, 0.05) is 34.8 Å². The van der Waals surface area contributed by atoms with Crippen LogP contribution in [0.3, 0.4) is 0 Å². The molecule has 0 aliphatic heterocycles. The molecule has 0 fully saturated rings. The Labute approximate surface area is 230 Å². The van der Waals surface area contributed by atoms with Crippen LogP contribution in [-0.2, 0) is 17.0 Å². The lowest BCUT2D eigenvalue weighted by atomic mass is 10.0. The Morgan fingerprint density at radius 3 is 2.60 bits per heavy atom. The maximum Gasteiger partial charge on any atom is 0.488 e. The highest BCUT2D eigenvalue weighted by atomic mass is 32.3. The van der Waals surface area contributed by atoms with Gasteiger partial charge in [-0.05, 0) is 43.2 Å². The first-order valence-electron chi connectivity index (χ1n) is 13.0. The lowest BCUT2D eigenvalue weighted by Crippen LogP contribution is -2.12. The van der Waals surface area contributed by atoms with Gasteiger partial charge in [-0.1, -0.05) is 36.6 Å². The Kier molecular flexibility index (Phi) is 7.45. The van der Waals surface area contributed by atoms with Gasteiger partial charge in [0.2, 0.25) is 0 Å². The second kappa shape index (κ2) is 11.0. The largest absolute Gasteiger partial charge is 0.493 e. The fourth-order valence-electron chi connectivity index (χ4n) is 4.86. The summed E-state index contributed by atoms with van der Waals surface area (Å²) in [4.78, 5) is 21.4. The lowest BCUT2D eigenvalue weighted by molar-refractivity contribution is 0.311. The molecule has 1 N–H and O–H groups in total. The number of H-pyrrole nitrogens is 1. The van der Waals surface area contributed by atoms with Crippen molar-refractivity contribution in [2.24, 2.45) is 0 Å². The highest BCUT2D eigenvalue weighted by Crippen LogP contribution is 2.37. The molecule has 5 rings (SSSR count). The van der Waals surface area contributed by atoms with Crippen molar-refractivity contribution >= 4 is 43.3 Å². The molecule has 11 heteroatoms. The quantitative estimate of drug-likeness (QED) is 0.160. The van der Waals surface area contributed by atoms with E-state index in [0.29, 0.717) is 63.0 Å². The number of pyridine rings is 2. The van der Waals surface area contributed by atoms with Crippen LogP contribution in [0.2, 0.25) is 0 Å². The number of rotatable bonds is 10. The standard InChI is InChI=1S/C29H27FN4O5S/c1-3-5-9-34-25-13-22(19-12-20(17-32-16-19)39-40(30,36)37)26(38-10-6-4-2)14-23(25)28(35)27-21-8-7-18(15-31)11-24(21)33-29(27)34/h7-8,11-14,16-17,33H,3-6,9-10H2,1-2H3. The molecule has 206 valence electrons. The number of halogens is 1. The van der Waals surface area contributed by atoms with Gasteiger partial charge in [0.25, 0.3) is 0 Å². The van der Waals surface area contributed by atoms with Gasteiger partial charge in [-0.2, -0.15) is 13.7 Å². The van der Waals surface area contributed by atoms with Gasteiger partial charge in [-0.15, -0.1) is 0 Å². The van der Waals surface area contributed by atoms with E-state index in [9.17, 15) is 22.4 Å². The summed E-state index contributed by atoms with van der Waals surface area (Å²) in [5.41, 5.74) is 3.24. The summed E-state index contributed by atoms with van der Waals surface area (Å²) >= 11 is 0. The van der Waals surface area contributed by atoms with Gasteiger partial charge in [0.1, 0.15) is 11.4 Å². The Morgan fingerprint density at radius 1 is 1.07 bits per heavy atom. The number of ether oxygens (including phenoxy) is 1. The molecule has 0 unspecified atom stereocenters. The maximum atomic E-state index is 14.0. The summed E-state index contributed by atoms with van der Waals surface area (Å²) in [6.07, 6.45) is 6.02. The Bertz CT molecular complexity index is 1960. The molecule has 0 bridgehead atoms. The van der Waals surface area contributed by atoms with Crippen molar-refractivity contribution in [2.45, 2.75) is 46.1 Å². The Morgan fingerprint density at radius 2 is 1.88 bits per heavy atom. The van der Waals surface area contributed by atoms with Crippen LogP contribution < -0.4 is 14.3 Å². The number of aromatic nitrogens is 3. The third-order valence-corrected chi connectivity index (χ3v) is 7.14. The van der Waals surface area contributed by atoms with Crippen molar-refractivity contribution in [3.63, 3.8) is 0 Å². The highest BCUT2D eigenvalue weighted by Gasteiger charge is 2.20. The Balaban J connectivity index is 1.83. The van der Waals surface area contributed by atoms with Gasteiger partial charge >= 0.3 is 10.5 Å². The van der Waals surface area contributed by atoms with Crippen LogP contribution in [0, 0.1) is 11.3 Å². The van der Waals surface area contributed by atoms with Crippen LogP contribution in [0.4, 0.5) is 3.89 Å². The molecule has 3 aromatic heterocycles. The minimum Gasteiger partial charge on any atom is -0.493 e. The van der Waals surface area contributed by atoms with Crippen LogP contribution >= 0.6 is 0 Å². The SMILES string of the molecule is CCCCOc1cc2c(=O)c3c4ccc(C#N)cc4[nH]c3n(CCCC)c2cc1-c1cncc(OS(=O)(=O)F)c1. The summed E-state index contributed by atoms with van der Waals surface area (Å²) in [6.45, 7) is 5.12. The van der Waals surface area contributed by atoms with Crippen molar-refractivity contribution in [2.75, 3.05) is 6.61 Å². The van der Waals surface area contributed by atoms with Crippen molar-refractivity contribution in [1.29, 1.82) is 5.26 Å². The number of nitrogens with zero attached hydrogens (tertiary/aromatic N) is 3. The van der Waals surface area contributed by atoms with Crippen molar-refractivity contribution in [3.8, 4) is 28.7 Å². The summed E-state index contributed by atoms with van der Waals surface area (Å²) in [7, 11) is -5.24. The molecule has 9 nitrogen and oxygen atoms in total. The minimum absolute atomic E-state index is 0.181. The number of benzene rings is 2. The second-order valence-electron chi connectivity index (χ2n) is 9.51. The fraction of sp³-hybridized carbons (Fsp3) is 0.276. The van der Waals surface area contributed by atoms with Crippen LogP contribution in [-0.4, -0.2) is 29.6 Å². The third kappa shape index (κ3) is 5.22. The summed E-state index contributed by atoms with van der Waals surface area (Å²) < 4.78 is 48.0. The van der Waals surface area contributed by atoms with Gasteiger partial charge in [-0.25, -0.2) is 0 Å². The molecule has 0 saturated heterocycles. The molecule has 0 saturated carbocycles. The molecule has 5 aromatic rings. The molecule has 2 aromatic carbocycles. The average Bonchev–Trinajstić information content (AvgIpc) is 3.31. The third-order valence-electron chi connectivity index (χ3n) is 6.75. The van der Waals surface area contributed by atoms with E-state index < -0.39 is 10.5 Å². The normalized spacial score (nSPS) is 11.8. The van der Waals surface area contributed by atoms with Gasteiger partial charge in [-0.3, -0.25) is 9.78 Å². The van der Waals surface area contributed by atoms with Crippen LogP contribution in [0.5, 0.6) is 11.5 Å². The van der Waals surface area contributed by atoms with Crippen LogP contribution in [0.25, 0.3) is 44.0 Å². The van der Waals surface area contributed by atoms with E-state index in [0.717, 1.165) is 37.3 Å². The molecule has 0 atom stereocenters. The molecule has 3 heterocycles. The zero-order valence-electron chi connectivity index (χ0n) is 22.0. The molecular weight excluding hydrogens is 535 g/mol. The topological polar surface area (TPSA) is 127 Å². The number of hydrogen-bond donors (Lipinski definition) is 1. The first-order chi connectivity index (χ1) is 19.2. The van der Waals surface area contributed by atoms with E-state index in [-0.39, 0.29) is 11.2 Å². The van der Waals surface area contributed by atoms with Crippen molar-refractivity contribution in [1.82, 2.24) is 14.5 Å².